The molecule has 0 saturated carbocycles. The fourth-order valence-corrected chi connectivity index (χ4v) is 10.4. The zero-order valence-electron chi connectivity index (χ0n) is 32.4. The number of furan rings is 1. The molecule has 0 bridgehead atoms. The lowest BCUT2D eigenvalue weighted by atomic mass is 9.69. The molecule has 3 nitrogen and oxygen atoms in total. The summed E-state index contributed by atoms with van der Waals surface area (Å²) < 4.78 is 6.74. The van der Waals surface area contributed by atoms with E-state index in [2.05, 4.69) is 188 Å². The van der Waals surface area contributed by atoms with Crippen molar-refractivity contribution in [3.63, 3.8) is 0 Å². The van der Waals surface area contributed by atoms with Gasteiger partial charge in [-0.25, -0.2) is 9.97 Å². The van der Waals surface area contributed by atoms with E-state index in [1.54, 1.807) is 0 Å². The van der Waals surface area contributed by atoms with E-state index in [-0.39, 0.29) is 0 Å². The third-order valence-electron chi connectivity index (χ3n) is 12.9. The summed E-state index contributed by atoms with van der Waals surface area (Å²) in [5.74, 6) is 0.661. The minimum absolute atomic E-state index is 0.592. The molecule has 0 radical (unpaired) electrons. The van der Waals surface area contributed by atoms with Crippen LogP contribution in [0.4, 0.5) is 0 Å². The van der Waals surface area contributed by atoms with Gasteiger partial charge in [-0.15, -0.1) is 0 Å². The number of nitrogens with zero attached hydrogens (tertiary/aromatic N) is 2. The molecule has 2 aromatic heterocycles. The number of aromatic nitrogens is 2. The number of rotatable bonds is 4. The van der Waals surface area contributed by atoms with Gasteiger partial charge in [-0.2, -0.15) is 0 Å². The molecule has 9 aromatic carbocycles. The third-order valence-corrected chi connectivity index (χ3v) is 12.9. The van der Waals surface area contributed by atoms with Gasteiger partial charge in [0.1, 0.15) is 16.8 Å². The fourth-order valence-electron chi connectivity index (χ4n) is 10.4. The van der Waals surface area contributed by atoms with Gasteiger partial charge in [0.05, 0.1) is 5.41 Å². The summed E-state index contributed by atoms with van der Waals surface area (Å²) in [4.78, 5) is 10.7. The summed E-state index contributed by atoms with van der Waals surface area (Å²) >= 11 is 0. The normalized spacial score (nSPS) is 13.1. The van der Waals surface area contributed by atoms with E-state index in [4.69, 9.17) is 14.4 Å². The molecule has 0 atom stereocenters. The van der Waals surface area contributed by atoms with Gasteiger partial charge < -0.3 is 4.42 Å². The largest absolute Gasteiger partial charge is 0.452 e. The van der Waals surface area contributed by atoms with Gasteiger partial charge in [-0.05, 0) is 108 Å². The molecule has 1 spiro atoms. The van der Waals surface area contributed by atoms with Crippen LogP contribution < -0.4 is 0 Å². The molecule has 2 aliphatic carbocycles. The Bertz CT molecular complexity index is 3500. The first-order valence-electron chi connectivity index (χ1n) is 20.6. The van der Waals surface area contributed by atoms with Gasteiger partial charge in [0, 0.05) is 16.5 Å². The molecule has 0 aliphatic heterocycles. The summed E-state index contributed by atoms with van der Waals surface area (Å²) in [5.41, 5.74) is 19.4. The highest BCUT2D eigenvalue weighted by Gasteiger charge is 2.53. The Balaban J connectivity index is 1.14. The van der Waals surface area contributed by atoms with Crippen LogP contribution in [0.5, 0.6) is 0 Å². The highest BCUT2D eigenvalue weighted by atomic mass is 16.3. The molecule has 3 heteroatoms. The molecule has 0 unspecified atom stereocenters. The maximum absolute atomic E-state index is 6.74. The molecule has 2 heterocycles. The summed E-state index contributed by atoms with van der Waals surface area (Å²) in [6.07, 6.45) is 0. The first-order valence-corrected chi connectivity index (χ1v) is 20.6. The predicted octanol–water partition coefficient (Wildman–Crippen LogP) is 14.5. The molecule has 0 saturated heterocycles. The molecule has 0 N–H and O–H groups in total. The van der Waals surface area contributed by atoms with Crippen LogP contribution in [0.25, 0.3) is 100.0 Å². The van der Waals surface area contributed by atoms with Crippen LogP contribution in [0, 0.1) is 0 Å². The summed E-state index contributed by atoms with van der Waals surface area (Å²) in [6, 6.07) is 74.5. The maximum Gasteiger partial charge on any atom is 0.180 e. The molecule has 13 rings (SSSR count). The Labute approximate surface area is 346 Å². The van der Waals surface area contributed by atoms with Crippen molar-refractivity contribution >= 4 is 32.8 Å². The number of para-hydroxylation sites is 1. The van der Waals surface area contributed by atoms with Crippen LogP contribution in [0.2, 0.25) is 0 Å². The lowest BCUT2D eigenvalue weighted by molar-refractivity contribution is 0.667. The van der Waals surface area contributed by atoms with Crippen LogP contribution >= 0.6 is 0 Å². The van der Waals surface area contributed by atoms with Gasteiger partial charge in [-0.3, -0.25) is 0 Å². The lowest BCUT2D eigenvalue weighted by Crippen LogP contribution is -2.26. The topological polar surface area (TPSA) is 38.9 Å². The van der Waals surface area contributed by atoms with Crippen molar-refractivity contribution in [2.75, 3.05) is 0 Å². The lowest BCUT2D eigenvalue weighted by Gasteiger charge is -2.32. The quantitative estimate of drug-likeness (QED) is 0.179. The van der Waals surface area contributed by atoms with Crippen molar-refractivity contribution in [1.29, 1.82) is 0 Å². The number of benzene rings is 9. The average molecular weight is 763 g/mol. The van der Waals surface area contributed by atoms with E-state index < -0.39 is 5.41 Å². The van der Waals surface area contributed by atoms with E-state index in [0.717, 1.165) is 44.4 Å². The van der Waals surface area contributed by atoms with E-state index in [1.165, 1.54) is 66.4 Å². The summed E-state index contributed by atoms with van der Waals surface area (Å²) in [6.45, 7) is 0. The highest BCUT2D eigenvalue weighted by Crippen LogP contribution is 2.66. The molecular weight excluding hydrogens is 729 g/mol. The van der Waals surface area contributed by atoms with E-state index in [9.17, 15) is 0 Å². The van der Waals surface area contributed by atoms with Crippen molar-refractivity contribution in [1.82, 2.24) is 9.97 Å². The molecular formula is C57H34N2O. The van der Waals surface area contributed by atoms with E-state index in [1.807, 2.05) is 18.2 Å². The Morgan fingerprint density at radius 2 is 1.02 bits per heavy atom. The van der Waals surface area contributed by atoms with Gasteiger partial charge in [-0.1, -0.05) is 176 Å². The standard InChI is InChI=1S/C57H34N2O/c1-3-16-35(17-4-1)37-21-15-22-40(32-37)56-58-53(55-54(59-56)45-26-11-14-29-50(45)60-55)39-30-31-44-49(34-39)57(47-27-12-9-24-42(47)43-25-10-13-28-48(43)57)52-41-23-8-7-20-38(41)33-46(51(44)52)36-18-5-2-6-19-36/h1-34H. The van der Waals surface area contributed by atoms with Gasteiger partial charge in [0.2, 0.25) is 0 Å². The second-order valence-electron chi connectivity index (χ2n) is 16.0. The Kier molecular flexibility index (Phi) is 6.93. The smallest absolute Gasteiger partial charge is 0.180 e. The Morgan fingerprint density at radius 1 is 0.383 bits per heavy atom. The zero-order chi connectivity index (χ0) is 39.4. The number of fused-ring (bicyclic) bond motifs is 15. The summed E-state index contributed by atoms with van der Waals surface area (Å²) in [7, 11) is 0. The average Bonchev–Trinajstić information content (AvgIpc) is 3.96. The van der Waals surface area contributed by atoms with Crippen molar-refractivity contribution in [2.24, 2.45) is 0 Å². The minimum Gasteiger partial charge on any atom is -0.452 e. The predicted molar refractivity (Wildman–Crippen MR) is 245 cm³/mol. The summed E-state index contributed by atoms with van der Waals surface area (Å²) in [5, 5.41) is 3.46. The molecule has 11 aromatic rings. The van der Waals surface area contributed by atoms with E-state index in [0.29, 0.717) is 11.4 Å². The van der Waals surface area contributed by atoms with E-state index >= 15 is 0 Å². The van der Waals surface area contributed by atoms with Crippen molar-refractivity contribution in [3.05, 3.63) is 229 Å². The second kappa shape index (κ2) is 12.6. The van der Waals surface area contributed by atoms with Gasteiger partial charge in [0.25, 0.3) is 0 Å². The number of hydrogen-bond acceptors (Lipinski definition) is 3. The van der Waals surface area contributed by atoms with Crippen LogP contribution in [0.3, 0.4) is 0 Å². The van der Waals surface area contributed by atoms with Crippen molar-refractivity contribution in [2.45, 2.75) is 5.41 Å². The Hall–Kier alpha value is -7.88. The van der Waals surface area contributed by atoms with Crippen LogP contribution in [0.15, 0.2) is 211 Å². The first kappa shape index (κ1) is 33.1. The molecule has 2 aliphatic rings. The third kappa shape index (κ3) is 4.54. The first-order chi connectivity index (χ1) is 29.8. The minimum atomic E-state index is -0.592. The van der Waals surface area contributed by atoms with Crippen LogP contribution in [-0.4, -0.2) is 9.97 Å². The molecule has 60 heavy (non-hydrogen) atoms. The highest BCUT2D eigenvalue weighted by molar-refractivity contribution is 6.11. The zero-order valence-corrected chi connectivity index (χ0v) is 32.4. The Morgan fingerprint density at radius 3 is 1.80 bits per heavy atom. The molecule has 0 fully saturated rings. The second-order valence-corrected chi connectivity index (χ2v) is 16.0. The van der Waals surface area contributed by atoms with Crippen molar-refractivity contribution < 1.29 is 4.42 Å². The molecule has 0 amide bonds. The monoisotopic (exact) mass is 762 g/mol. The van der Waals surface area contributed by atoms with Crippen LogP contribution in [-0.2, 0) is 5.41 Å². The fraction of sp³-hybridized carbons (Fsp3) is 0.0175. The number of hydrogen-bond donors (Lipinski definition) is 0. The van der Waals surface area contributed by atoms with Crippen molar-refractivity contribution in [3.8, 4) is 67.2 Å². The van der Waals surface area contributed by atoms with Gasteiger partial charge >= 0.3 is 0 Å². The van der Waals surface area contributed by atoms with Gasteiger partial charge in [0.15, 0.2) is 11.4 Å². The maximum atomic E-state index is 6.74. The molecule has 278 valence electrons. The van der Waals surface area contributed by atoms with Crippen LogP contribution in [0.1, 0.15) is 22.3 Å². The SMILES string of the molecule is c1ccc(-c2cccc(-c3nc(-c4ccc5c(c4)C4(c6ccccc6-c6ccccc64)c4c-5c(-c5ccccc5)cc5ccccc45)c4oc5ccccc5c4n3)c2)cc1.